The van der Waals surface area contributed by atoms with Gasteiger partial charge in [0, 0.05) is 18.7 Å². The normalized spacial score (nSPS) is 10.4. The number of hydrogen-bond acceptors (Lipinski definition) is 3. The molecule has 0 saturated carbocycles. The molecule has 0 aliphatic rings. The number of nitrogens with one attached hydrogen (secondary N) is 3. The molecule has 0 fully saturated rings. The molecule has 0 spiro atoms. The fourth-order valence-electron chi connectivity index (χ4n) is 1.40. The quantitative estimate of drug-likeness (QED) is 0.769. The highest BCUT2D eigenvalue weighted by Gasteiger charge is 2.10. The maximum absolute atomic E-state index is 11.7. The first-order valence-corrected chi connectivity index (χ1v) is 6.36. The van der Waals surface area contributed by atoms with Crippen molar-refractivity contribution in [1.29, 1.82) is 0 Å². The average Bonchev–Trinajstić information content (AvgIpc) is 2.38. The lowest BCUT2D eigenvalue weighted by molar-refractivity contribution is -0.115. The predicted molar refractivity (Wildman–Crippen MR) is 76.6 cm³/mol. The summed E-state index contributed by atoms with van der Waals surface area (Å²) in [5, 5.41) is 8.58. The van der Waals surface area contributed by atoms with Crippen LogP contribution in [0.1, 0.15) is 24.2 Å². The average molecular weight is 284 g/mol. The summed E-state index contributed by atoms with van der Waals surface area (Å²) in [5.74, 6) is -0.433. The van der Waals surface area contributed by atoms with Crippen LogP contribution in [-0.4, -0.2) is 31.4 Å². The van der Waals surface area contributed by atoms with Crippen molar-refractivity contribution in [2.45, 2.75) is 19.9 Å². The number of halogens is 1. The molecule has 1 rings (SSSR count). The molecule has 6 heteroatoms. The molecule has 19 heavy (non-hydrogen) atoms. The Labute approximate surface area is 117 Å². The standard InChI is InChI=1S/C13H18ClN3O2/c1-8(2)16-7-12(18)17-11-6-9(13(19)15-3)4-5-10(11)14/h4-6,8,16H,7H2,1-3H3,(H,15,19)(H,17,18). The molecule has 0 aromatic heterocycles. The van der Waals surface area contributed by atoms with Crippen molar-refractivity contribution in [3.8, 4) is 0 Å². The summed E-state index contributed by atoms with van der Waals surface area (Å²) in [6, 6.07) is 4.95. The molecule has 0 bridgehead atoms. The summed E-state index contributed by atoms with van der Waals surface area (Å²) in [5.41, 5.74) is 0.873. The number of hydrogen-bond donors (Lipinski definition) is 3. The molecule has 104 valence electrons. The Morgan fingerprint density at radius 2 is 2.00 bits per heavy atom. The van der Waals surface area contributed by atoms with Crippen LogP contribution in [0.25, 0.3) is 0 Å². The highest BCUT2D eigenvalue weighted by atomic mass is 35.5. The van der Waals surface area contributed by atoms with Gasteiger partial charge in [0.1, 0.15) is 0 Å². The second-order valence-electron chi connectivity index (χ2n) is 4.36. The van der Waals surface area contributed by atoms with Crippen LogP contribution in [0.2, 0.25) is 5.02 Å². The third-order valence-electron chi connectivity index (χ3n) is 2.40. The second kappa shape index (κ2) is 7.11. The van der Waals surface area contributed by atoms with Gasteiger partial charge in [-0.25, -0.2) is 0 Å². The molecule has 1 aromatic carbocycles. The maximum atomic E-state index is 11.7. The Hall–Kier alpha value is -1.59. The van der Waals surface area contributed by atoms with Crippen LogP contribution in [0.4, 0.5) is 5.69 Å². The van der Waals surface area contributed by atoms with Gasteiger partial charge in [-0.15, -0.1) is 0 Å². The topological polar surface area (TPSA) is 70.2 Å². The molecule has 0 unspecified atom stereocenters. The van der Waals surface area contributed by atoms with E-state index in [2.05, 4.69) is 16.0 Å². The van der Waals surface area contributed by atoms with Gasteiger partial charge in [0.25, 0.3) is 5.91 Å². The zero-order valence-corrected chi connectivity index (χ0v) is 12.0. The summed E-state index contributed by atoms with van der Waals surface area (Å²) < 4.78 is 0. The molecule has 2 amide bonds. The highest BCUT2D eigenvalue weighted by Crippen LogP contribution is 2.22. The molecule has 3 N–H and O–H groups in total. The van der Waals surface area contributed by atoms with E-state index in [-0.39, 0.29) is 24.4 Å². The zero-order valence-electron chi connectivity index (χ0n) is 11.2. The van der Waals surface area contributed by atoms with Crippen molar-refractivity contribution in [3.05, 3.63) is 28.8 Å². The molecular weight excluding hydrogens is 266 g/mol. The smallest absolute Gasteiger partial charge is 0.251 e. The van der Waals surface area contributed by atoms with Crippen molar-refractivity contribution in [2.75, 3.05) is 18.9 Å². The van der Waals surface area contributed by atoms with E-state index in [1.54, 1.807) is 25.2 Å². The first-order valence-electron chi connectivity index (χ1n) is 5.99. The lowest BCUT2D eigenvalue weighted by Gasteiger charge is -2.11. The fourth-order valence-corrected chi connectivity index (χ4v) is 1.56. The van der Waals surface area contributed by atoms with Gasteiger partial charge < -0.3 is 16.0 Å². The van der Waals surface area contributed by atoms with Gasteiger partial charge in [-0.1, -0.05) is 25.4 Å². The molecule has 0 atom stereocenters. The van der Waals surface area contributed by atoms with E-state index in [1.165, 1.54) is 0 Å². The van der Waals surface area contributed by atoms with Gasteiger partial charge in [-0.2, -0.15) is 0 Å². The summed E-state index contributed by atoms with van der Waals surface area (Å²) in [6.45, 7) is 4.09. The van der Waals surface area contributed by atoms with Crippen LogP contribution < -0.4 is 16.0 Å². The van der Waals surface area contributed by atoms with Crippen LogP contribution in [0.5, 0.6) is 0 Å². The molecule has 0 aliphatic carbocycles. The zero-order chi connectivity index (χ0) is 14.4. The Morgan fingerprint density at radius 1 is 1.32 bits per heavy atom. The highest BCUT2D eigenvalue weighted by molar-refractivity contribution is 6.33. The first kappa shape index (κ1) is 15.5. The number of amides is 2. The summed E-state index contributed by atoms with van der Waals surface area (Å²) in [4.78, 5) is 23.2. The molecule has 1 aromatic rings. The molecule has 0 radical (unpaired) electrons. The van der Waals surface area contributed by atoms with Crippen LogP contribution in [0, 0.1) is 0 Å². The van der Waals surface area contributed by atoms with Crippen molar-refractivity contribution >= 4 is 29.1 Å². The predicted octanol–water partition coefficient (Wildman–Crippen LogP) is 1.64. The second-order valence-corrected chi connectivity index (χ2v) is 4.76. The number of benzene rings is 1. The minimum Gasteiger partial charge on any atom is -0.355 e. The van der Waals surface area contributed by atoms with Crippen molar-refractivity contribution in [1.82, 2.24) is 10.6 Å². The van der Waals surface area contributed by atoms with Crippen molar-refractivity contribution < 1.29 is 9.59 Å². The van der Waals surface area contributed by atoms with E-state index in [1.807, 2.05) is 13.8 Å². The number of rotatable bonds is 5. The van der Waals surface area contributed by atoms with E-state index >= 15 is 0 Å². The van der Waals surface area contributed by atoms with Gasteiger partial charge in [0.2, 0.25) is 5.91 Å². The largest absolute Gasteiger partial charge is 0.355 e. The van der Waals surface area contributed by atoms with E-state index in [9.17, 15) is 9.59 Å². The molecule has 5 nitrogen and oxygen atoms in total. The van der Waals surface area contributed by atoms with Gasteiger partial charge >= 0.3 is 0 Å². The summed E-state index contributed by atoms with van der Waals surface area (Å²) >= 11 is 5.98. The molecular formula is C13H18ClN3O2. The summed E-state index contributed by atoms with van der Waals surface area (Å²) in [7, 11) is 1.54. The van der Waals surface area contributed by atoms with Crippen molar-refractivity contribution in [3.63, 3.8) is 0 Å². The van der Waals surface area contributed by atoms with Gasteiger partial charge in [-0.05, 0) is 18.2 Å². The monoisotopic (exact) mass is 283 g/mol. The molecule has 0 heterocycles. The first-order chi connectivity index (χ1) is 8.93. The number of anilines is 1. The van der Waals surface area contributed by atoms with Gasteiger partial charge in [0.15, 0.2) is 0 Å². The Morgan fingerprint density at radius 3 is 2.58 bits per heavy atom. The minimum atomic E-state index is -0.229. The SMILES string of the molecule is CNC(=O)c1ccc(Cl)c(NC(=O)CNC(C)C)c1. The lowest BCUT2D eigenvalue weighted by Crippen LogP contribution is -2.32. The van der Waals surface area contributed by atoms with E-state index in [0.717, 1.165) is 0 Å². The number of carbonyl (C=O) groups excluding carboxylic acids is 2. The third kappa shape index (κ3) is 4.89. The van der Waals surface area contributed by atoms with Crippen LogP contribution in [-0.2, 0) is 4.79 Å². The molecule has 0 aliphatic heterocycles. The van der Waals surface area contributed by atoms with Crippen LogP contribution in [0.3, 0.4) is 0 Å². The van der Waals surface area contributed by atoms with E-state index < -0.39 is 0 Å². The minimum absolute atomic E-state index is 0.193. The van der Waals surface area contributed by atoms with Gasteiger partial charge in [0.05, 0.1) is 17.3 Å². The Kier molecular flexibility index (Phi) is 5.79. The van der Waals surface area contributed by atoms with Crippen molar-refractivity contribution in [2.24, 2.45) is 0 Å². The Balaban J connectivity index is 2.77. The fraction of sp³-hybridized carbons (Fsp3) is 0.385. The lowest BCUT2D eigenvalue weighted by atomic mass is 10.2. The molecule has 0 saturated heterocycles. The third-order valence-corrected chi connectivity index (χ3v) is 2.73. The van der Waals surface area contributed by atoms with Crippen LogP contribution in [0.15, 0.2) is 18.2 Å². The van der Waals surface area contributed by atoms with Gasteiger partial charge in [-0.3, -0.25) is 9.59 Å². The Bertz CT molecular complexity index is 475. The van der Waals surface area contributed by atoms with Crippen LogP contribution >= 0.6 is 11.6 Å². The van der Waals surface area contributed by atoms with E-state index in [0.29, 0.717) is 16.3 Å². The maximum Gasteiger partial charge on any atom is 0.251 e. The number of carbonyl (C=O) groups is 2. The summed E-state index contributed by atoms with van der Waals surface area (Å²) in [6.07, 6.45) is 0. The van der Waals surface area contributed by atoms with E-state index in [4.69, 9.17) is 11.6 Å².